The van der Waals surface area contributed by atoms with Crippen LogP contribution in [0.3, 0.4) is 0 Å². The summed E-state index contributed by atoms with van der Waals surface area (Å²) in [4.78, 5) is 0. The van der Waals surface area contributed by atoms with Gasteiger partial charge in [-0.05, 0) is 24.3 Å². The van der Waals surface area contributed by atoms with Crippen molar-refractivity contribution in [2.75, 3.05) is 11.9 Å². The van der Waals surface area contributed by atoms with Crippen LogP contribution in [0.2, 0.25) is 0 Å². The SMILES string of the molecule is OCCn1cc(Nc2cccc(C(F)(F)F)c2)c2ccccc21. The Kier molecular flexibility index (Phi) is 4.00. The minimum Gasteiger partial charge on any atom is -0.395 e. The van der Waals surface area contributed by atoms with E-state index in [-0.39, 0.29) is 6.61 Å². The predicted molar refractivity (Wildman–Crippen MR) is 83.8 cm³/mol. The van der Waals surface area contributed by atoms with Gasteiger partial charge in [-0.1, -0.05) is 24.3 Å². The van der Waals surface area contributed by atoms with E-state index in [4.69, 9.17) is 5.11 Å². The molecule has 3 rings (SSSR count). The van der Waals surface area contributed by atoms with Crippen LogP contribution in [0.25, 0.3) is 10.9 Å². The van der Waals surface area contributed by atoms with Crippen molar-refractivity contribution in [2.24, 2.45) is 0 Å². The average Bonchev–Trinajstić information content (AvgIpc) is 2.86. The van der Waals surface area contributed by atoms with Crippen LogP contribution in [-0.2, 0) is 12.7 Å². The van der Waals surface area contributed by atoms with E-state index in [0.29, 0.717) is 17.9 Å². The summed E-state index contributed by atoms with van der Waals surface area (Å²) in [6, 6.07) is 12.6. The Balaban J connectivity index is 1.99. The van der Waals surface area contributed by atoms with Gasteiger partial charge in [-0.15, -0.1) is 0 Å². The molecule has 0 saturated heterocycles. The highest BCUT2D eigenvalue weighted by Crippen LogP contribution is 2.33. The maximum Gasteiger partial charge on any atom is 0.416 e. The number of rotatable bonds is 4. The molecular formula is C17H15F3N2O. The van der Waals surface area contributed by atoms with Crippen molar-refractivity contribution in [2.45, 2.75) is 12.7 Å². The van der Waals surface area contributed by atoms with Crippen molar-refractivity contribution in [3.05, 3.63) is 60.3 Å². The lowest BCUT2D eigenvalue weighted by Crippen LogP contribution is -2.05. The monoisotopic (exact) mass is 320 g/mol. The number of anilines is 2. The Bertz CT molecular complexity index is 824. The third-order valence-electron chi connectivity index (χ3n) is 3.60. The summed E-state index contributed by atoms with van der Waals surface area (Å²) in [7, 11) is 0. The van der Waals surface area contributed by atoms with E-state index in [2.05, 4.69) is 5.32 Å². The number of para-hydroxylation sites is 1. The summed E-state index contributed by atoms with van der Waals surface area (Å²) >= 11 is 0. The molecule has 3 nitrogen and oxygen atoms in total. The van der Waals surface area contributed by atoms with Crippen LogP contribution in [0.4, 0.5) is 24.5 Å². The molecule has 0 radical (unpaired) electrons. The molecule has 6 heteroatoms. The second-order valence-corrected chi connectivity index (χ2v) is 5.18. The van der Waals surface area contributed by atoms with Crippen molar-refractivity contribution < 1.29 is 18.3 Å². The second-order valence-electron chi connectivity index (χ2n) is 5.18. The first kappa shape index (κ1) is 15.4. The molecular weight excluding hydrogens is 305 g/mol. The highest BCUT2D eigenvalue weighted by atomic mass is 19.4. The van der Waals surface area contributed by atoms with Crippen LogP contribution in [-0.4, -0.2) is 16.3 Å². The molecule has 0 atom stereocenters. The highest BCUT2D eigenvalue weighted by molar-refractivity contribution is 5.94. The molecule has 0 bridgehead atoms. The van der Waals surface area contributed by atoms with Gasteiger partial charge in [0.15, 0.2) is 0 Å². The molecule has 0 fully saturated rings. The Labute approximate surface area is 131 Å². The van der Waals surface area contributed by atoms with E-state index in [1.165, 1.54) is 6.07 Å². The van der Waals surface area contributed by atoms with Crippen molar-refractivity contribution >= 4 is 22.3 Å². The molecule has 0 saturated carbocycles. The molecule has 3 aromatic rings. The Morgan fingerprint density at radius 2 is 1.83 bits per heavy atom. The van der Waals surface area contributed by atoms with E-state index >= 15 is 0 Å². The molecule has 1 aromatic heterocycles. The Morgan fingerprint density at radius 3 is 2.57 bits per heavy atom. The van der Waals surface area contributed by atoms with Gasteiger partial charge in [-0.25, -0.2) is 0 Å². The summed E-state index contributed by atoms with van der Waals surface area (Å²) in [5.41, 5.74) is 1.29. The molecule has 0 aliphatic rings. The van der Waals surface area contributed by atoms with Crippen LogP contribution in [0.5, 0.6) is 0 Å². The smallest absolute Gasteiger partial charge is 0.395 e. The van der Waals surface area contributed by atoms with Crippen molar-refractivity contribution in [3.63, 3.8) is 0 Å². The van der Waals surface area contributed by atoms with Crippen molar-refractivity contribution in [1.82, 2.24) is 4.57 Å². The topological polar surface area (TPSA) is 37.2 Å². The lowest BCUT2D eigenvalue weighted by atomic mass is 10.2. The van der Waals surface area contributed by atoms with Crippen LogP contribution in [0.1, 0.15) is 5.56 Å². The Hall–Kier alpha value is -2.47. The fourth-order valence-electron chi connectivity index (χ4n) is 2.57. The number of halogens is 3. The van der Waals surface area contributed by atoms with Crippen LogP contribution in [0.15, 0.2) is 54.7 Å². The molecule has 0 aliphatic carbocycles. The van der Waals surface area contributed by atoms with Gasteiger partial charge in [0.25, 0.3) is 0 Å². The minimum absolute atomic E-state index is 0.0122. The Morgan fingerprint density at radius 1 is 1.04 bits per heavy atom. The van der Waals surface area contributed by atoms with Crippen molar-refractivity contribution in [1.29, 1.82) is 0 Å². The van der Waals surface area contributed by atoms with Crippen LogP contribution >= 0.6 is 0 Å². The van der Waals surface area contributed by atoms with Gasteiger partial charge in [0, 0.05) is 23.8 Å². The molecule has 0 spiro atoms. The second kappa shape index (κ2) is 5.96. The maximum absolute atomic E-state index is 12.8. The summed E-state index contributed by atoms with van der Waals surface area (Å²) in [5, 5.41) is 13.1. The number of hydrogen-bond donors (Lipinski definition) is 2. The lowest BCUT2D eigenvalue weighted by molar-refractivity contribution is -0.137. The summed E-state index contributed by atoms with van der Waals surface area (Å²) in [6.07, 6.45) is -2.58. The van der Waals surface area contributed by atoms with E-state index in [9.17, 15) is 13.2 Å². The number of nitrogens with one attached hydrogen (secondary N) is 1. The maximum atomic E-state index is 12.8. The van der Waals surface area contributed by atoms with Gasteiger partial charge in [0.2, 0.25) is 0 Å². The molecule has 0 aliphatic heterocycles. The molecule has 120 valence electrons. The fourth-order valence-corrected chi connectivity index (χ4v) is 2.57. The molecule has 2 N–H and O–H groups in total. The number of benzene rings is 2. The number of aromatic nitrogens is 1. The summed E-state index contributed by atoms with van der Waals surface area (Å²) < 4.78 is 40.3. The molecule has 2 aromatic carbocycles. The predicted octanol–water partition coefficient (Wildman–Crippen LogP) is 4.40. The molecule has 0 amide bonds. The number of hydrogen-bond acceptors (Lipinski definition) is 2. The van der Waals surface area contributed by atoms with Crippen molar-refractivity contribution in [3.8, 4) is 0 Å². The first-order chi connectivity index (χ1) is 11.0. The zero-order valence-corrected chi connectivity index (χ0v) is 12.1. The minimum atomic E-state index is -4.37. The zero-order chi connectivity index (χ0) is 16.4. The summed E-state index contributed by atoms with van der Waals surface area (Å²) in [5.74, 6) is 0. The van der Waals surface area contributed by atoms with E-state index in [0.717, 1.165) is 23.0 Å². The lowest BCUT2D eigenvalue weighted by Gasteiger charge is -2.10. The normalized spacial score (nSPS) is 11.8. The number of aliphatic hydroxyl groups excluding tert-OH is 1. The number of alkyl halides is 3. The third kappa shape index (κ3) is 3.17. The number of fused-ring (bicyclic) bond motifs is 1. The number of aliphatic hydroxyl groups is 1. The molecule has 23 heavy (non-hydrogen) atoms. The van der Waals surface area contributed by atoms with Gasteiger partial charge in [-0.2, -0.15) is 13.2 Å². The van der Waals surface area contributed by atoms with Gasteiger partial charge in [0.1, 0.15) is 0 Å². The van der Waals surface area contributed by atoms with E-state index in [1.54, 1.807) is 12.3 Å². The standard InChI is InChI=1S/C17H15F3N2O/c18-17(19,20)12-4-3-5-13(10-12)21-15-11-22(8-9-23)16-7-2-1-6-14(15)16/h1-7,10-11,21,23H,8-9H2. The van der Waals surface area contributed by atoms with Gasteiger partial charge < -0.3 is 15.0 Å². The number of nitrogens with zero attached hydrogens (tertiary/aromatic N) is 1. The van der Waals surface area contributed by atoms with Gasteiger partial charge in [-0.3, -0.25) is 0 Å². The third-order valence-corrected chi connectivity index (χ3v) is 3.60. The van der Waals surface area contributed by atoms with Gasteiger partial charge >= 0.3 is 6.18 Å². The molecule has 1 heterocycles. The van der Waals surface area contributed by atoms with E-state index in [1.807, 2.05) is 28.8 Å². The van der Waals surface area contributed by atoms with Gasteiger partial charge in [0.05, 0.1) is 23.4 Å². The molecule has 0 unspecified atom stereocenters. The van der Waals surface area contributed by atoms with Crippen LogP contribution < -0.4 is 5.32 Å². The fraction of sp³-hybridized carbons (Fsp3) is 0.176. The zero-order valence-electron chi connectivity index (χ0n) is 12.1. The summed E-state index contributed by atoms with van der Waals surface area (Å²) in [6.45, 7) is 0.409. The average molecular weight is 320 g/mol. The highest BCUT2D eigenvalue weighted by Gasteiger charge is 2.30. The first-order valence-electron chi connectivity index (χ1n) is 7.12. The van der Waals surface area contributed by atoms with Crippen LogP contribution in [0, 0.1) is 0 Å². The largest absolute Gasteiger partial charge is 0.416 e. The first-order valence-corrected chi connectivity index (χ1v) is 7.12. The van der Waals surface area contributed by atoms with E-state index < -0.39 is 11.7 Å². The quantitative estimate of drug-likeness (QED) is 0.748.